The molecule has 0 aliphatic carbocycles. The lowest BCUT2D eigenvalue weighted by Crippen LogP contribution is -2.33. The molecular weight excluding hydrogens is 492 g/mol. The highest BCUT2D eigenvalue weighted by molar-refractivity contribution is 5.99. The van der Waals surface area contributed by atoms with Gasteiger partial charge in [0.1, 0.15) is 18.1 Å². The van der Waals surface area contributed by atoms with Crippen molar-refractivity contribution in [2.75, 3.05) is 33.8 Å². The Morgan fingerprint density at radius 3 is 2.23 bits per heavy atom. The number of likely N-dealkylation sites (N-methyl/N-ethyl adjacent to an activating group) is 1. The molecule has 0 aliphatic heterocycles. The van der Waals surface area contributed by atoms with E-state index in [-0.39, 0.29) is 31.4 Å². The van der Waals surface area contributed by atoms with Crippen LogP contribution in [0.2, 0.25) is 0 Å². The third-order valence-electron chi connectivity index (χ3n) is 6.33. The first-order valence-corrected chi connectivity index (χ1v) is 12.9. The lowest BCUT2D eigenvalue weighted by molar-refractivity contribution is -0.123. The van der Waals surface area contributed by atoms with Crippen LogP contribution in [0.5, 0.6) is 11.5 Å². The number of phenolic OH excluding ortho intramolecular Hbond substituents is 1. The van der Waals surface area contributed by atoms with Crippen LogP contribution in [0, 0.1) is 6.92 Å². The zero-order valence-corrected chi connectivity index (χ0v) is 22.9. The fourth-order valence-corrected chi connectivity index (χ4v) is 4.27. The number of nitrogens with zero attached hydrogens (tertiary/aromatic N) is 2. The van der Waals surface area contributed by atoms with E-state index in [9.17, 15) is 19.8 Å². The predicted molar refractivity (Wildman–Crippen MR) is 155 cm³/mol. The number of carbonyl (C=O) groups is 2. The van der Waals surface area contributed by atoms with E-state index in [4.69, 9.17) is 4.74 Å². The van der Waals surface area contributed by atoms with Gasteiger partial charge < -0.3 is 24.7 Å². The fourth-order valence-electron chi connectivity index (χ4n) is 4.27. The Labute approximate surface area is 230 Å². The number of phenols is 1. The molecule has 0 aromatic heterocycles. The van der Waals surface area contributed by atoms with E-state index in [1.807, 2.05) is 55.5 Å². The molecule has 3 aromatic rings. The third kappa shape index (κ3) is 7.98. The minimum Gasteiger partial charge on any atom is -0.508 e. The molecule has 3 aromatic carbocycles. The first-order valence-electron chi connectivity index (χ1n) is 12.9. The number of carboxylic acid groups (broad SMARTS) is 1. The second-order valence-electron chi connectivity index (χ2n) is 9.31. The van der Waals surface area contributed by atoms with Gasteiger partial charge in [0.15, 0.2) is 0 Å². The van der Waals surface area contributed by atoms with Gasteiger partial charge in [-0.3, -0.25) is 4.79 Å². The molecule has 0 saturated carbocycles. The molecule has 204 valence electrons. The topological polar surface area (TPSA) is 90.3 Å². The van der Waals surface area contributed by atoms with Gasteiger partial charge in [-0.15, -0.1) is 0 Å². The van der Waals surface area contributed by atoms with Crippen molar-refractivity contribution in [1.82, 2.24) is 9.80 Å². The number of benzene rings is 3. The molecule has 3 rings (SSSR count). The van der Waals surface area contributed by atoms with Crippen molar-refractivity contribution in [3.63, 3.8) is 0 Å². The number of hydrogen-bond donors (Lipinski definition) is 2. The second-order valence-corrected chi connectivity index (χ2v) is 9.31. The van der Waals surface area contributed by atoms with E-state index in [1.165, 1.54) is 27.5 Å². The highest BCUT2D eigenvalue weighted by Gasteiger charge is 2.16. The molecule has 2 amide bonds. The number of aromatic hydroxyl groups is 1. The Bertz CT molecular complexity index is 1330. The van der Waals surface area contributed by atoms with Gasteiger partial charge in [-0.05, 0) is 71.0 Å². The SMILES string of the molecule is CC/C(=C(/c1ccc(OCCN(C/C=C/C(=O)N(C)C)C(=O)O)cc1)c1ccc(O)cc1C)c1ccccc1. The summed E-state index contributed by atoms with van der Waals surface area (Å²) in [7, 11) is 3.27. The zero-order chi connectivity index (χ0) is 28.4. The smallest absolute Gasteiger partial charge is 0.407 e. The van der Waals surface area contributed by atoms with Crippen molar-refractivity contribution in [3.05, 3.63) is 107 Å². The molecule has 7 nitrogen and oxygen atoms in total. The summed E-state index contributed by atoms with van der Waals surface area (Å²) in [5.41, 5.74) is 6.44. The van der Waals surface area contributed by atoms with Crippen molar-refractivity contribution >= 4 is 23.1 Å². The number of allylic oxidation sites excluding steroid dienone is 1. The number of carbonyl (C=O) groups excluding carboxylic acids is 1. The average molecular weight is 529 g/mol. The maximum atomic E-state index is 11.7. The maximum Gasteiger partial charge on any atom is 0.407 e. The normalized spacial score (nSPS) is 11.7. The molecular formula is C32H36N2O5. The van der Waals surface area contributed by atoms with Gasteiger partial charge in [0.25, 0.3) is 0 Å². The van der Waals surface area contributed by atoms with Crippen LogP contribution in [0.25, 0.3) is 11.1 Å². The minimum absolute atomic E-state index is 0.0939. The molecule has 0 atom stereocenters. The molecule has 0 fully saturated rings. The summed E-state index contributed by atoms with van der Waals surface area (Å²) < 4.78 is 5.85. The maximum absolute atomic E-state index is 11.7. The number of ether oxygens (including phenoxy) is 1. The minimum atomic E-state index is -1.08. The summed E-state index contributed by atoms with van der Waals surface area (Å²) in [6.07, 6.45) is 2.62. The lowest BCUT2D eigenvalue weighted by atomic mass is 9.86. The molecule has 7 heteroatoms. The molecule has 0 bridgehead atoms. The zero-order valence-electron chi connectivity index (χ0n) is 22.9. The van der Waals surface area contributed by atoms with Crippen LogP contribution < -0.4 is 4.74 Å². The first-order chi connectivity index (χ1) is 18.7. The highest BCUT2D eigenvalue weighted by Crippen LogP contribution is 2.37. The molecule has 0 radical (unpaired) electrons. The van der Waals surface area contributed by atoms with Crippen LogP contribution >= 0.6 is 0 Å². The monoisotopic (exact) mass is 528 g/mol. The van der Waals surface area contributed by atoms with Gasteiger partial charge in [-0.1, -0.05) is 61.5 Å². The molecule has 0 spiro atoms. The van der Waals surface area contributed by atoms with Crippen molar-refractivity contribution in [1.29, 1.82) is 0 Å². The number of amides is 2. The summed E-state index contributed by atoms with van der Waals surface area (Å²) in [6, 6.07) is 23.4. The number of aryl methyl sites for hydroxylation is 1. The van der Waals surface area contributed by atoms with E-state index in [0.717, 1.165) is 34.2 Å². The molecule has 0 unspecified atom stereocenters. The van der Waals surface area contributed by atoms with E-state index in [2.05, 4.69) is 19.1 Å². The number of hydrogen-bond acceptors (Lipinski definition) is 4. The van der Waals surface area contributed by atoms with Crippen LogP contribution in [0.1, 0.15) is 35.6 Å². The molecule has 0 heterocycles. The van der Waals surface area contributed by atoms with Gasteiger partial charge in [-0.2, -0.15) is 0 Å². The Kier molecular flexibility index (Phi) is 10.3. The fraction of sp³-hybridized carbons (Fsp3) is 0.250. The summed E-state index contributed by atoms with van der Waals surface area (Å²) in [5.74, 6) is 0.653. The predicted octanol–water partition coefficient (Wildman–Crippen LogP) is 6.07. The van der Waals surface area contributed by atoms with Crippen LogP contribution in [0.4, 0.5) is 4.79 Å². The molecule has 39 heavy (non-hydrogen) atoms. The molecule has 0 aliphatic rings. The Morgan fingerprint density at radius 1 is 0.949 bits per heavy atom. The van der Waals surface area contributed by atoms with Gasteiger partial charge in [0, 0.05) is 26.7 Å². The van der Waals surface area contributed by atoms with Crippen LogP contribution in [0.3, 0.4) is 0 Å². The summed E-state index contributed by atoms with van der Waals surface area (Å²) in [6.45, 7) is 4.55. The summed E-state index contributed by atoms with van der Waals surface area (Å²) >= 11 is 0. The molecule has 2 N–H and O–H groups in total. The van der Waals surface area contributed by atoms with Crippen molar-refractivity contribution in [3.8, 4) is 11.5 Å². The van der Waals surface area contributed by atoms with Gasteiger partial charge >= 0.3 is 6.09 Å². The van der Waals surface area contributed by atoms with Crippen molar-refractivity contribution in [2.45, 2.75) is 20.3 Å². The Balaban J connectivity index is 1.81. The highest BCUT2D eigenvalue weighted by atomic mass is 16.5. The second kappa shape index (κ2) is 13.9. The van der Waals surface area contributed by atoms with Crippen molar-refractivity contribution in [2.24, 2.45) is 0 Å². The summed E-state index contributed by atoms with van der Waals surface area (Å²) in [5, 5.41) is 19.5. The van der Waals surface area contributed by atoms with E-state index in [1.54, 1.807) is 26.2 Å². The number of rotatable bonds is 11. The van der Waals surface area contributed by atoms with Crippen LogP contribution in [-0.4, -0.2) is 65.8 Å². The first kappa shape index (κ1) is 29.0. The molecule has 0 saturated heterocycles. The Hall–Kier alpha value is -4.52. The third-order valence-corrected chi connectivity index (χ3v) is 6.33. The summed E-state index contributed by atoms with van der Waals surface area (Å²) in [4.78, 5) is 25.9. The van der Waals surface area contributed by atoms with Crippen LogP contribution in [0.15, 0.2) is 84.9 Å². The van der Waals surface area contributed by atoms with Crippen molar-refractivity contribution < 1.29 is 24.5 Å². The largest absolute Gasteiger partial charge is 0.508 e. The van der Waals surface area contributed by atoms with Gasteiger partial charge in [0.05, 0.1) is 6.54 Å². The average Bonchev–Trinajstić information content (AvgIpc) is 2.92. The Morgan fingerprint density at radius 2 is 1.64 bits per heavy atom. The lowest BCUT2D eigenvalue weighted by Gasteiger charge is -2.19. The van der Waals surface area contributed by atoms with Gasteiger partial charge in [0.2, 0.25) is 5.91 Å². The van der Waals surface area contributed by atoms with Gasteiger partial charge in [-0.25, -0.2) is 4.79 Å². The van der Waals surface area contributed by atoms with E-state index >= 15 is 0 Å². The quantitative estimate of drug-likeness (QED) is 0.233. The van der Waals surface area contributed by atoms with E-state index < -0.39 is 6.09 Å². The standard InChI is InChI=1S/C32H36N2O5/c1-5-28(24-10-7-6-8-11-24)31(29-18-15-26(35)22-23(29)2)25-13-16-27(17-14-25)39-21-20-34(32(37)38)19-9-12-30(36)33(3)4/h6-18,22,35H,5,19-21H2,1-4H3,(H,37,38)/b12-9+,31-28+. The van der Waals surface area contributed by atoms with Crippen LogP contribution in [-0.2, 0) is 4.79 Å². The van der Waals surface area contributed by atoms with E-state index in [0.29, 0.717) is 5.75 Å².